The Morgan fingerprint density at radius 1 is 1.23 bits per heavy atom. The van der Waals surface area contributed by atoms with Crippen molar-refractivity contribution < 1.29 is 27.5 Å². The van der Waals surface area contributed by atoms with Crippen LogP contribution in [0.3, 0.4) is 0 Å². The fourth-order valence-electron chi connectivity index (χ4n) is 2.74. The molecule has 0 aromatic heterocycles. The zero-order valence-corrected chi connectivity index (χ0v) is 16.0. The van der Waals surface area contributed by atoms with E-state index in [9.17, 15) is 18.0 Å². The lowest BCUT2D eigenvalue weighted by Crippen LogP contribution is -2.43. The van der Waals surface area contributed by atoms with Crippen molar-refractivity contribution >= 4 is 21.7 Å². The third-order valence-electron chi connectivity index (χ3n) is 4.14. The van der Waals surface area contributed by atoms with Crippen LogP contribution in [0, 0.1) is 0 Å². The topological polar surface area (TPSA) is 98.8 Å². The first-order chi connectivity index (χ1) is 12.2. The largest absolute Gasteiger partial charge is 0.482 e. The first-order valence-corrected chi connectivity index (χ1v) is 10.4. The Morgan fingerprint density at radius 3 is 2.54 bits per heavy atom. The Kier molecular flexibility index (Phi) is 6.63. The highest BCUT2D eigenvalue weighted by Gasteiger charge is 2.30. The highest BCUT2D eigenvalue weighted by Crippen LogP contribution is 2.25. The van der Waals surface area contributed by atoms with Gasteiger partial charge in [0.25, 0.3) is 5.91 Å². The predicted molar refractivity (Wildman–Crippen MR) is 96.8 cm³/mol. The quantitative estimate of drug-likeness (QED) is 0.715. The molecule has 0 radical (unpaired) electrons. The third-order valence-corrected chi connectivity index (χ3v) is 5.91. The van der Waals surface area contributed by atoms with Crippen molar-refractivity contribution in [3.8, 4) is 5.75 Å². The number of benzene rings is 1. The highest BCUT2D eigenvalue weighted by atomic mass is 32.2. The minimum absolute atomic E-state index is 0.0647. The molecule has 1 heterocycles. The molecule has 1 amide bonds. The Bertz CT molecular complexity index is 759. The Hall–Kier alpha value is -2.09. The molecule has 1 aliphatic heterocycles. The maximum Gasteiger partial charge on any atom is 0.344 e. The van der Waals surface area contributed by atoms with Crippen LogP contribution in [0.4, 0.5) is 0 Å². The second-order valence-corrected chi connectivity index (χ2v) is 8.95. The van der Waals surface area contributed by atoms with Gasteiger partial charge in [0.05, 0.1) is 11.5 Å². The molecule has 144 valence electrons. The smallest absolute Gasteiger partial charge is 0.344 e. The number of ether oxygens (including phenoxy) is 2. The number of rotatable bonds is 7. The number of esters is 1. The van der Waals surface area contributed by atoms with Gasteiger partial charge in [-0.25, -0.2) is 13.2 Å². The molecule has 8 heteroatoms. The van der Waals surface area contributed by atoms with Crippen LogP contribution < -0.4 is 10.1 Å². The van der Waals surface area contributed by atoms with Crippen LogP contribution in [0.15, 0.2) is 24.3 Å². The first kappa shape index (κ1) is 20.2. The van der Waals surface area contributed by atoms with Crippen LogP contribution in [0.25, 0.3) is 0 Å². The predicted octanol–water partition coefficient (Wildman–Crippen LogP) is 1.42. The number of amides is 1. The molecule has 2 atom stereocenters. The molecule has 1 saturated heterocycles. The zero-order valence-electron chi connectivity index (χ0n) is 15.2. The molecule has 1 aromatic rings. The second kappa shape index (κ2) is 8.53. The summed E-state index contributed by atoms with van der Waals surface area (Å²) in [7, 11) is -3.08. The standard InChI is InChI=1S/C18H25NO6S/c1-12(2)15-6-4-5-7-16(15)24-10-17(20)25-13(3)18(21)19-14-8-9-26(22,23)11-14/h4-7,12-14H,8-11H2,1-3H3,(H,19,21)/t13-,14+/m0/s1. The van der Waals surface area contributed by atoms with Crippen LogP contribution in [0.1, 0.15) is 38.7 Å². The summed E-state index contributed by atoms with van der Waals surface area (Å²) in [6.07, 6.45) is -0.640. The van der Waals surface area contributed by atoms with E-state index >= 15 is 0 Å². The van der Waals surface area contributed by atoms with Crippen LogP contribution in [-0.2, 0) is 24.2 Å². The van der Waals surface area contributed by atoms with Gasteiger partial charge < -0.3 is 14.8 Å². The highest BCUT2D eigenvalue weighted by molar-refractivity contribution is 7.91. The number of nitrogens with one attached hydrogen (secondary N) is 1. The number of sulfone groups is 1. The van der Waals surface area contributed by atoms with Crippen molar-refractivity contribution in [2.45, 2.75) is 45.3 Å². The molecular weight excluding hydrogens is 358 g/mol. The minimum atomic E-state index is -3.08. The summed E-state index contributed by atoms with van der Waals surface area (Å²) in [4.78, 5) is 24.0. The lowest BCUT2D eigenvalue weighted by atomic mass is 10.0. The van der Waals surface area contributed by atoms with Gasteiger partial charge in [-0.2, -0.15) is 0 Å². The molecule has 2 rings (SSSR count). The van der Waals surface area contributed by atoms with Crippen molar-refractivity contribution in [2.75, 3.05) is 18.1 Å². The number of hydrogen-bond acceptors (Lipinski definition) is 6. The summed E-state index contributed by atoms with van der Waals surface area (Å²) in [6.45, 7) is 5.18. The van der Waals surface area contributed by atoms with E-state index in [0.29, 0.717) is 12.2 Å². The molecule has 7 nitrogen and oxygen atoms in total. The molecule has 1 N–H and O–H groups in total. The number of para-hydroxylation sites is 1. The van der Waals surface area contributed by atoms with Crippen LogP contribution in [0.2, 0.25) is 0 Å². The SMILES string of the molecule is CC(C)c1ccccc1OCC(=O)O[C@@H](C)C(=O)N[C@@H]1CCS(=O)(=O)C1. The lowest BCUT2D eigenvalue weighted by Gasteiger charge is -2.17. The van der Waals surface area contributed by atoms with Crippen molar-refractivity contribution in [3.63, 3.8) is 0 Å². The van der Waals surface area contributed by atoms with Crippen LogP contribution in [0.5, 0.6) is 5.75 Å². The summed E-state index contributed by atoms with van der Waals surface area (Å²) in [5.41, 5.74) is 0.980. The van der Waals surface area contributed by atoms with E-state index in [0.717, 1.165) is 5.56 Å². The fraction of sp³-hybridized carbons (Fsp3) is 0.556. The number of hydrogen-bond donors (Lipinski definition) is 1. The average Bonchev–Trinajstić information content (AvgIpc) is 2.91. The summed E-state index contributed by atoms with van der Waals surface area (Å²) in [5, 5.41) is 2.60. The van der Waals surface area contributed by atoms with Crippen molar-refractivity contribution in [3.05, 3.63) is 29.8 Å². The molecule has 26 heavy (non-hydrogen) atoms. The number of carbonyl (C=O) groups is 2. The molecule has 1 aromatic carbocycles. The minimum Gasteiger partial charge on any atom is -0.482 e. The van der Waals surface area contributed by atoms with E-state index in [4.69, 9.17) is 9.47 Å². The van der Waals surface area contributed by atoms with E-state index in [1.165, 1.54) is 6.92 Å². The van der Waals surface area contributed by atoms with Gasteiger partial charge in [0.1, 0.15) is 5.75 Å². The summed E-state index contributed by atoms with van der Waals surface area (Å²) in [6, 6.07) is 6.99. The Labute approximate surface area is 154 Å². The zero-order chi connectivity index (χ0) is 19.3. The van der Waals surface area contributed by atoms with Crippen LogP contribution in [-0.4, -0.2) is 50.6 Å². The number of carbonyl (C=O) groups excluding carboxylic acids is 2. The molecule has 0 unspecified atom stereocenters. The van der Waals surface area contributed by atoms with Gasteiger partial charge in [-0.05, 0) is 30.9 Å². The van der Waals surface area contributed by atoms with Crippen molar-refractivity contribution in [2.24, 2.45) is 0 Å². The maximum atomic E-state index is 12.0. The molecule has 1 fully saturated rings. The first-order valence-electron chi connectivity index (χ1n) is 8.60. The fourth-order valence-corrected chi connectivity index (χ4v) is 4.41. The van der Waals surface area contributed by atoms with E-state index in [2.05, 4.69) is 5.32 Å². The average molecular weight is 383 g/mol. The summed E-state index contributed by atoms with van der Waals surface area (Å²) < 4.78 is 33.4. The lowest BCUT2D eigenvalue weighted by molar-refractivity contribution is -0.156. The maximum absolute atomic E-state index is 12.0. The van der Waals surface area contributed by atoms with Gasteiger partial charge >= 0.3 is 5.97 Å². The molecule has 0 saturated carbocycles. The molecule has 0 bridgehead atoms. The van der Waals surface area contributed by atoms with E-state index < -0.39 is 33.9 Å². The summed E-state index contributed by atoms with van der Waals surface area (Å²) >= 11 is 0. The molecular formula is C18H25NO6S. The molecule has 0 aliphatic carbocycles. The Balaban J connectivity index is 1.81. The van der Waals surface area contributed by atoms with Crippen molar-refractivity contribution in [1.29, 1.82) is 0 Å². The van der Waals surface area contributed by atoms with E-state index in [1.807, 2.05) is 32.0 Å². The monoisotopic (exact) mass is 383 g/mol. The van der Waals surface area contributed by atoms with Crippen molar-refractivity contribution in [1.82, 2.24) is 5.32 Å². The molecule has 0 spiro atoms. The van der Waals surface area contributed by atoms with Gasteiger partial charge in [0, 0.05) is 6.04 Å². The van der Waals surface area contributed by atoms with E-state index in [1.54, 1.807) is 6.07 Å². The third kappa shape index (κ3) is 5.72. The van der Waals surface area contributed by atoms with Crippen LogP contribution >= 0.6 is 0 Å². The van der Waals surface area contributed by atoms with E-state index in [-0.39, 0.29) is 24.0 Å². The Morgan fingerprint density at radius 2 is 1.92 bits per heavy atom. The van der Waals surface area contributed by atoms with Gasteiger partial charge in [0.15, 0.2) is 22.5 Å². The normalized spacial score (nSPS) is 19.8. The molecule has 1 aliphatic rings. The summed E-state index contributed by atoms with van der Waals surface area (Å²) in [5.74, 6) is -0.334. The van der Waals surface area contributed by atoms with Gasteiger partial charge in [-0.1, -0.05) is 32.0 Å². The van der Waals surface area contributed by atoms with Gasteiger partial charge in [0.2, 0.25) is 0 Å². The van der Waals surface area contributed by atoms with Gasteiger partial charge in [-0.3, -0.25) is 4.79 Å². The second-order valence-electron chi connectivity index (χ2n) is 6.72. The van der Waals surface area contributed by atoms with Gasteiger partial charge in [-0.15, -0.1) is 0 Å².